The van der Waals surface area contributed by atoms with E-state index in [1.54, 1.807) is 25.2 Å². The summed E-state index contributed by atoms with van der Waals surface area (Å²) in [6.45, 7) is 0. The SMILES string of the molecule is CNC(c1ccc(F)cc1)c1ncc(Cl)cc1Cl. The Morgan fingerprint density at radius 1 is 1.22 bits per heavy atom. The summed E-state index contributed by atoms with van der Waals surface area (Å²) < 4.78 is 12.9. The zero-order chi connectivity index (χ0) is 13.1. The van der Waals surface area contributed by atoms with Crippen molar-refractivity contribution in [3.8, 4) is 0 Å². The molecule has 1 N–H and O–H groups in total. The van der Waals surface area contributed by atoms with Crippen LogP contribution in [-0.4, -0.2) is 12.0 Å². The molecule has 1 unspecified atom stereocenters. The van der Waals surface area contributed by atoms with E-state index in [1.807, 2.05) is 0 Å². The largest absolute Gasteiger partial charge is 0.308 e. The summed E-state index contributed by atoms with van der Waals surface area (Å²) in [5.74, 6) is -0.274. The average Bonchev–Trinajstić information content (AvgIpc) is 2.35. The highest BCUT2D eigenvalue weighted by Gasteiger charge is 2.17. The molecule has 0 aliphatic rings. The molecule has 0 fully saturated rings. The van der Waals surface area contributed by atoms with Crippen LogP contribution in [-0.2, 0) is 0 Å². The molecule has 0 saturated heterocycles. The van der Waals surface area contributed by atoms with Crippen molar-refractivity contribution in [2.45, 2.75) is 6.04 Å². The molecule has 2 aromatic rings. The summed E-state index contributed by atoms with van der Waals surface area (Å²) in [7, 11) is 1.79. The van der Waals surface area contributed by atoms with Crippen molar-refractivity contribution in [3.63, 3.8) is 0 Å². The molecule has 0 amide bonds. The van der Waals surface area contributed by atoms with Gasteiger partial charge in [0.1, 0.15) is 5.82 Å². The van der Waals surface area contributed by atoms with E-state index in [9.17, 15) is 4.39 Å². The molecule has 0 radical (unpaired) electrons. The summed E-state index contributed by atoms with van der Waals surface area (Å²) in [6, 6.07) is 7.65. The summed E-state index contributed by atoms with van der Waals surface area (Å²) in [4.78, 5) is 4.23. The van der Waals surface area contributed by atoms with Crippen molar-refractivity contribution in [1.29, 1.82) is 0 Å². The van der Waals surface area contributed by atoms with Crippen molar-refractivity contribution < 1.29 is 4.39 Å². The highest BCUT2D eigenvalue weighted by molar-refractivity contribution is 6.34. The molecule has 1 atom stereocenters. The van der Waals surface area contributed by atoms with Gasteiger partial charge in [-0.2, -0.15) is 0 Å². The summed E-state index contributed by atoms with van der Waals surface area (Å²) >= 11 is 11.9. The predicted octanol–water partition coefficient (Wildman–Crippen LogP) is 3.84. The number of hydrogen-bond donors (Lipinski definition) is 1. The smallest absolute Gasteiger partial charge is 0.123 e. The number of nitrogens with zero attached hydrogens (tertiary/aromatic N) is 1. The lowest BCUT2D eigenvalue weighted by Crippen LogP contribution is -2.19. The third-order valence-electron chi connectivity index (χ3n) is 2.60. The Morgan fingerprint density at radius 2 is 1.89 bits per heavy atom. The summed E-state index contributed by atoms with van der Waals surface area (Å²) in [5, 5.41) is 4.06. The van der Waals surface area contributed by atoms with Gasteiger partial charge in [0, 0.05) is 6.20 Å². The minimum atomic E-state index is -0.274. The van der Waals surface area contributed by atoms with E-state index in [1.165, 1.54) is 18.3 Å². The molecule has 0 aliphatic heterocycles. The van der Waals surface area contributed by atoms with E-state index in [0.717, 1.165) is 5.56 Å². The minimum absolute atomic E-state index is 0.199. The molecule has 0 spiro atoms. The maximum absolute atomic E-state index is 12.9. The molecule has 2 nitrogen and oxygen atoms in total. The van der Waals surface area contributed by atoms with Gasteiger partial charge in [0.05, 0.1) is 21.8 Å². The van der Waals surface area contributed by atoms with E-state index >= 15 is 0 Å². The fourth-order valence-electron chi connectivity index (χ4n) is 1.75. The Hall–Kier alpha value is -1.16. The van der Waals surface area contributed by atoms with Crippen LogP contribution in [0.25, 0.3) is 0 Å². The Labute approximate surface area is 115 Å². The quantitative estimate of drug-likeness (QED) is 0.926. The van der Waals surface area contributed by atoms with E-state index in [0.29, 0.717) is 15.7 Å². The van der Waals surface area contributed by atoms with Crippen LogP contribution in [0.15, 0.2) is 36.5 Å². The lowest BCUT2D eigenvalue weighted by Gasteiger charge is -2.17. The normalized spacial score (nSPS) is 12.4. The molecule has 0 saturated carbocycles. The Morgan fingerprint density at radius 3 is 2.44 bits per heavy atom. The third kappa shape index (κ3) is 2.80. The standard InChI is InChI=1S/C13H11Cl2FN2/c1-17-12(8-2-4-10(16)5-3-8)13-11(15)6-9(14)7-18-13/h2-7,12,17H,1H3. The third-order valence-corrected chi connectivity index (χ3v) is 3.11. The van der Waals surface area contributed by atoms with Gasteiger partial charge in [-0.05, 0) is 30.8 Å². The lowest BCUT2D eigenvalue weighted by molar-refractivity contribution is 0.622. The number of pyridine rings is 1. The van der Waals surface area contributed by atoms with Crippen molar-refractivity contribution in [1.82, 2.24) is 10.3 Å². The Bertz CT molecular complexity index is 543. The van der Waals surface area contributed by atoms with E-state index in [2.05, 4.69) is 10.3 Å². The van der Waals surface area contributed by atoms with Crippen LogP contribution in [0.5, 0.6) is 0 Å². The van der Waals surface area contributed by atoms with Gasteiger partial charge in [0.25, 0.3) is 0 Å². The van der Waals surface area contributed by atoms with Crippen LogP contribution < -0.4 is 5.32 Å². The van der Waals surface area contributed by atoms with Gasteiger partial charge in [0.2, 0.25) is 0 Å². The number of rotatable bonds is 3. The first-order chi connectivity index (χ1) is 8.61. The number of benzene rings is 1. The molecule has 5 heteroatoms. The van der Waals surface area contributed by atoms with Crippen LogP contribution in [0.4, 0.5) is 4.39 Å². The number of halogens is 3. The minimum Gasteiger partial charge on any atom is -0.308 e. The van der Waals surface area contributed by atoms with Crippen LogP contribution >= 0.6 is 23.2 Å². The van der Waals surface area contributed by atoms with Crippen molar-refractivity contribution in [2.75, 3.05) is 7.05 Å². The van der Waals surface area contributed by atoms with Crippen molar-refractivity contribution in [2.24, 2.45) is 0 Å². The molecular weight excluding hydrogens is 274 g/mol. The monoisotopic (exact) mass is 284 g/mol. The second-order valence-corrected chi connectivity index (χ2v) is 4.64. The van der Waals surface area contributed by atoms with Gasteiger partial charge >= 0.3 is 0 Å². The van der Waals surface area contributed by atoms with Gasteiger partial charge in [-0.1, -0.05) is 35.3 Å². The fraction of sp³-hybridized carbons (Fsp3) is 0.154. The average molecular weight is 285 g/mol. The topological polar surface area (TPSA) is 24.9 Å². The molecular formula is C13H11Cl2FN2. The van der Waals surface area contributed by atoms with Gasteiger partial charge in [0.15, 0.2) is 0 Å². The lowest BCUT2D eigenvalue weighted by atomic mass is 10.0. The van der Waals surface area contributed by atoms with Gasteiger partial charge < -0.3 is 5.32 Å². The predicted molar refractivity (Wildman–Crippen MR) is 71.6 cm³/mol. The van der Waals surface area contributed by atoms with Crippen LogP contribution in [0, 0.1) is 5.82 Å². The van der Waals surface area contributed by atoms with E-state index < -0.39 is 0 Å². The first kappa shape index (κ1) is 13.3. The highest BCUT2D eigenvalue weighted by Crippen LogP contribution is 2.28. The molecule has 1 heterocycles. The molecule has 1 aromatic carbocycles. The van der Waals surface area contributed by atoms with Gasteiger partial charge in [-0.15, -0.1) is 0 Å². The summed E-state index contributed by atoms with van der Waals surface area (Å²) in [5.41, 5.74) is 1.55. The molecule has 1 aromatic heterocycles. The molecule has 0 bridgehead atoms. The zero-order valence-electron chi connectivity index (χ0n) is 9.62. The number of nitrogens with one attached hydrogen (secondary N) is 1. The first-order valence-electron chi connectivity index (χ1n) is 5.35. The highest BCUT2D eigenvalue weighted by atomic mass is 35.5. The zero-order valence-corrected chi connectivity index (χ0v) is 11.1. The molecule has 18 heavy (non-hydrogen) atoms. The Balaban J connectivity index is 2.41. The van der Waals surface area contributed by atoms with Crippen LogP contribution in [0.1, 0.15) is 17.3 Å². The Kier molecular flexibility index (Phi) is 4.17. The van der Waals surface area contributed by atoms with E-state index in [-0.39, 0.29) is 11.9 Å². The van der Waals surface area contributed by atoms with Crippen LogP contribution in [0.2, 0.25) is 10.0 Å². The second-order valence-electron chi connectivity index (χ2n) is 3.79. The molecule has 0 aliphatic carbocycles. The van der Waals surface area contributed by atoms with Gasteiger partial charge in [-0.25, -0.2) is 4.39 Å². The first-order valence-corrected chi connectivity index (χ1v) is 6.11. The van der Waals surface area contributed by atoms with Crippen molar-refractivity contribution >= 4 is 23.2 Å². The molecule has 94 valence electrons. The maximum atomic E-state index is 12.9. The number of hydrogen-bond acceptors (Lipinski definition) is 2. The summed E-state index contributed by atoms with van der Waals surface area (Å²) in [6.07, 6.45) is 1.54. The molecule has 2 rings (SSSR count). The number of aromatic nitrogens is 1. The van der Waals surface area contributed by atoms with Crippen LogP contribution in [0.3, 0.4) is 0 Å². The second kappa shape index (κ2) is 5.65. The van der Waals surface area contributed by atoms with E-state index in [4.69, 9.17) is 23.2 Å². The maximum Gasteiger partial charge on any atom is 0.123 e. The van der Waals surface area contributed by atoms with Crippen molar-refractivity contribution in [3.05, 3.63) is 63.6 Å². The van der Waals surface area contributed by atoms with Gasteiger partial charge in [-0.3, -0.25) is 4.98 Å². The fourth-order valence-corrected chi connectivity index (χ4v) is 2.24.